The van der Waals surface area contributed by atoms with Gasteiger partial charge in [-0.25, -0.2) is 8.42 Å². The highest BCUT2D eigenvalue weighted by Gasteiger charge is 2.19. The monoisotopic (exact) mass is 416 g/mol. The number of hydrogen-bond acceptors (Lipinski definition) is 4. The largest absolute Gasteiger partial charge is 0.294 e. The number of aryl methyl sites for hydroxylation is 1. The Morgan fingerprint density at radius 1 is 0.900 bits per heavy atom. The Bertz CT molecular complexity index is 1350. The Kier molecular flexibility index (Phi) is 5.10. The molecule has 30 heavy (non-hydrogen) atoms. The average Bonchev–Trinajstić information content (AvgIpc) is 2.74. The Morgan fingerprint density at radius 2 is 1.53 bits per heavy atom. The first kappa shape index (κ1) is 19.8. The standard InChI is InChI=1S/C24H20N2O3S/c1-16-23(17(2)27)24(18-9-5-3-6-10-18)21-15-19(13-14-22(21)25-16)26-30(28,29)20-11-7-4-8-12-20/h3-15,26H,1-2H3. The number of pyridine rings is 1. The van der Waals surface area contributed by atoms with Crippen molar-refractivity contribution in [1.29, 1.82) is 0 Å². The molecule has 4 rings (SSSR count). The van der Waals surface area contributed by atoms with Crippen LogP contribution in [0.3, 0.4) is 0 Å². The molecule has 0 unspecified atom stereocenters. The lowest BCUT2D eigenvalue weighted by molar-refractivity contribution is 0.101. The second kappa shape index (κ2) is 7.72. The molecule has 0 radical (unpaired) electrons. The SMILES string of the molecule is CC(=O)c1c(C)nc2ccc(NS(=O)(=O)c3ccccc3)cc2c1-c1ccccc1. The maximum Gasteiger partial charge on any atom is 0.261 e. The van der Waals surface area contributed by atoms with E-state index in [4.69, 9.17) is 0 Å². The first-order valence-electron chi connectivity index (χ1n) is 9.45. The summed E-state index contributed by atoms with van der Waals surface area (Å²) < 4.78 is 28.1. The minimum Gasteiger partial charge on any atom is -0.294 e. The van der Waals surface area contributed by atoms with Gasteiger partial charge in [0.25, 0.3) is 10.0 Å². The van der Waals surface area contributed by atoms with Crippen molar-refractivity contribution in [3.63, 3.8) is 0 Å². The lowest BCUT2D eigenvalue weighted by Crippen LogP contribution is -2.13. The van der Waals surface area contributed by atoms with Crippen molar-refractivity contribution in [3.8, 4) is 11.1 Å². The summed E-state index contributed by atoms with van der Waals surface area (Å²) in [6.45, 7) is 3.33. The summed E-state index contributed by atoms with van der Waals surface area (Å²) in [5, 5.41) is 0.713. The van der Waals surface area contributed by atoms with E-state index in [0.717, 1.165) is 11.1 Å². The maximum atomic E-state index is 12.7. The van der Waals surface area contributed by atoms with Crippen LogP contribution in [0.2, 0.25) is 0 Å². The maximum absolute atomic E-state index is 12.7. The van der Waals surface area contributed by atoms with Gasteiger partial charge in [-0.2, -0.15) is 0 Å². The third kappa shape index (κ3) is 3.69. The van der Waals surface area contributed by atoms with Crippen molar-refractivity contribution in [1.82, 2.24) is 4.98 Å². The number of carbonyl (C=O) groups is 1. The predicted octanol–water partition coefficient (Wildman–Crippen LogP) is 5.21. The minimum absolute atomic E-state index is 0.0870. The van der Waals surface area contributed by atoms with Gasteiger partial charge in [0, 0.05) is 27.9 Å². The third-order valence-corrected chi connectivity index (χ3v) is 6.28. The second-order valence-corrected chi connectivity index (χ2v) is 8.70. The van der Waals surface area contributed by atoms with E-state index in [1.165, 1.54) is 19.1 Å². The Morgan fingerprint density at radius 3 is 2.17 bits per heavy atom. The molecule has 0 aliphatic rings. The van der Waals surface area contributed by atoms with Crippen LogP contribution >= 0.6 is 0 Å². The van der Waals surface area contributed by atoms with Crippen LogP contribution in [-0.4, -0.2) is 19.2 Å². The van der Waals surface area contributed by atoms with Gasteiger partial charge in [-0.1, -0.05) is 48.5 Å². The van der Waals surface area contributed by atoms with E-state index in [1.807, 2.05) is 37.3 Å². The van der Waals surface area contributed by atoms with E-state index in [9.17, 15) is 13.2 Å². The molecule has 4 aromatic rings. The predicted molar refractivity (Wildman–Crippen MR) is 119 cm³/mol. The van der Waals surface area contributed by atoms with E-state index >= 15 is 0 Å². The first-order valence-corrected chi connectivity index (χ1v) is 10.9. The van der Waals surface area contributed by atoms with Crippen molar-refractivity contribution in [3.05, 3.63) is 90.1 Å². The van der Waals surface area contributed by atoms with E-state index in [0.29, 0.717) is 27.8 Å². The lowest BCUT2D eigenvalue weighted by Gasteiger charge is -2.15. The third-order valence-electron chi connectivity index (χ3n) is 4.89. The number of aromatic nitrogens is 1. The van der Waals surface area contributed by atoms with Gasteiger partial charge in [-0.3, -0.25) is 14.5 Å². The summed E-state index contributed by atoms with van der Waals surface area (Å²) in [4.78, 5) is 17.2. The zero-order chi connectivity index (χ0) is 21.3. The number of nitrogens with one attached hydrogen (secondary N) is 1. The first-order chi connectivity index (χ1) is 14.4. The van der Waals surface area contributed by atoms with Gasteiger partial charge in [0.05, 0.1) is 10.4 Å². The van der Waals surface area contributed by atoms with Crippen molar-refractivity contribution >= 4 is 32.4 Å². The Balaban J connectivity index is 1.92. The summed E-state index contributed by atoms with van der Waals surface area (Å²) in [6.07, 6.45) is 0. The van der Waals surface area contributed by atoms with E-state index < -0.39 is 10.0 Å². The van der Waals surface area contributed by atoms with Gasteiger partial charge in [0.15, 0.2) is 5.78 Å². The fourth-order valence-electron chi connectivity index (χ4n) is 3.60. The number of fused-ring (bicyclic) bond motifs is 1. The molecule has 0 saturated carbocycles. The molecule has 0 spiro atoms. The van der Waals surface area contributed by atoms with Crippen LogP contribution in [0.15, 0.2) is 83.8 Å². The minimum atomic E-state index is -3.73. The zero-order valence-electron chi connectivity index (χ0n) is 16.6. The number of hydrogen-bond donors (Lipinski definition) is 1. The summed E-state index contributed by atoms with van der Waals surface area (Å²) in [7, 11) is -3.73. The summed E-state index contributed by atoms with van der Waals surface area (Å²) in [5.41, 5.74) is 3.92. The number of Topliss-reactive ketones (excluding diaryl/α,β-unsaturated/α-hetero) is 1. The average molecular weight is 417 g/mol. The van der Waals surface area contributed by atoms with Gasteiger partial charge < -0.3 is 0 Å². The molecule has 1 N–H and O–H groups in total. The molecule has 0 bridgehead atoms. The van der Waals surface area contributed by atoms with E-state index in [-0.39, 0.29) is 10.7 Å². The number of rotatable bonds is 5. The fourth-order valence-corrected chi connectivity index (χ4v) is 4.67. The quantitative estimate of drug-likeness (QED) is 0.453. The molecule has 0 saturated heterocycles. The second-order valence-electron chi connectivity index (χ2n) is 7.02. The molecule has 6 heteroatoms. The van der Waals surface area contributed by atoms with Crippen molar-refractivity contribution < 1.29 is 13.2 Å². The molecule has 0 aliphatic carbocycles. The molecule has 0 amide bonds. The molecule has 5 nitrogen and oxygen atoms in total. The van der Waals surface area contributed by atoms with Crippen LogP contribution in [-0.2, 0) is 10.0 Å². The smallest absolute Gasteiger partial charge is 0.261 e. The van der Waals surface area contributed by atoms with Crippen LogP contribution < -0.4 is 4.72 Å². The molecule has 1 aromatic heterocycles. The van der Waals surface area contributed by atoms with Gasteiger partial charge in [-0.05, 0) is 49.7 Å². The molecule has 3 aromatic carbocycles. The number of nitrogens with zero attached hydrogens (tertiary/aromatic N) is 1. The molecule has 0 atom stereocenters. The Labute approximate surface area is 175 Å². The van der Waals surface area contributed by atoms with Crippen molar-refractivity contribution in [2.75, 3.05) is 4.72 Å². The highest BCUT2D eigenvalue weighted by atomic mass is 32.2. The van der Waals surface area contributed by atoms with E-state index in [1.54, 1.807) is 36.4 Å². The summed E-state index contributed by atoms with van der Waals surface area (Å²) in [6, 6.07) is 23.0. The molecular formula is C24H20N2O3S. The number of benzene rings is 3. The molecular weight excluding hydrogens is 396 g/mol. The van der Waals surface area contributed by atoms with Gasteiger partial charge in [-0.15, -0.1) is 0 Å². The van der Waals surface area contributed by atoms with Crippen LogP contribution in [0.25, 0.3) is 22.0 Å². The topological polar surface area (TPSA) is 76.1 Å². The van der Waals surface area contributed by atoms with Crippen LogP contribution in [0.5, 0.6) is 0 Å². The van der Waals surface area contributed by atoms with Crippen molar-refractivity contribution in [2.45, 2.75) is 18.7 Å². The lowest BCUT2D eigenvalue weighted by atomic mass is 9.92. The molecule has 0 aliphatic heterocycles. The zero-order valence-corrected chi connectivity index (χ0v) is 17.4. The van der Waals surface area contributed by atoms with Crippen LogP contribution in [0, 0.1) is 6.92 Å². The fraction of sp³-hybridized carbons (Fsp3) is 0.0833. The molecule has 0 fully saturated rings. The number of carbonyl (C=O) groups excluding carboxylic acids is 1. The number of anilines is 1. The normalized spacial score (nSPS) is 11.4. The number of sulfonamides is 1. The highest BCUT2D eigenvalue weighted by molar-refractivity contribution is 7.92. The highest BCUT2D eigenvalue weighted by Crippen LogP contribution is 2.35. The number of ketones is 1. The molecule has 150 valence electrons. The van der Waals surface area contributed by atoms with Crippen LogP contribution in [0.1, 0.15) is 23.0 Å². The van der Waals surface area contributed by atoms with Gasteiger partial charge >= 0.3 is 0 Å². The summed E-state index contributed by atoms with van der Waals surface area (Å²) >= 11 is 0. The van der Waals surface area contributed by atoms with Crippen LogP contribution in [0.4, 0.5) is 5.69 Å². The van der Waals surface area contributed by atoms with Gasteiger partial charge in [0.1, 0.15) is 0 Å². The summed E-state index contributed by atoms with van der Waals surface area (Å²) in [5.74, 6) is -0.0870. The molecule has 1 heterocycles. The van der Waals surface area contributed by atoms with E-state index in [2.05, 4.69) is 9.71 Å². The van der Waals surface area contributed by atoms with Crippen molar-refractivity contribution in [2.24, 2.45) is 0 Å². The Hall–Kier alpha value is -3.51. The van der Waals surface area contributed by atoms with Gasteiger partial charge in [0.2, 0.25) is 0 Å².